The van der Waals surface area contributed by atoms with Gasteiger partial charge in [-0.2, -0.15) is 0 Å². The summed E-state index contributed by atoms with van der Waals surface area (Å²) in [4.78, 5) is 15.6. The molecule has 0 bridgehead atoms. The van der Waals surface area contributed by atoms with E-state index in [4.69, 9.17) is 0 Å². The second-order valence-electron chi connectivity index (χ2n) is 3.79. The first-order valence-corrected chi connectivity index (χ1v) is 6.77. The highest BCUT2D eigenvalue weighted by molar-refractivity contribution is 8.01. The van der Waals surface area contributed by atoms with E-state index in [0.29, 0.717) is 6.42 Å². The first kappa shape index (κ1) is 11.0. The highest BCUT2D eigenvalue weighted by atomic mass is 32.2. The quantitative estimate of drug-likeness (QED) is 0.885. The second-order valence-corrected chi connectivity index (χ2v) is 6.33. The number of rotatable bonds is 3. The molecule has 1 aromatic heterocycles. The second kappa shape index (κ2) is 4.14. The van der Waals surface area contributed by atoms with Crippen molar-refractivity contribution in [3.8, 4) is 0 Å². The number of hydrogen-bond donors (Lipinski definition) is 1. The summed E-state index contributed by atoms with van der Waals surface area (Å²) in [6.07, 6.45) is 2.33. The maximum Gasteiger partial charge on any atom is 0.320 e. The highest BCUT2D eigenvalue weighted by Gasteiger charge is 2.42. The molecule has 1 aliphatic rings. The standard InChI is InChI=1S/C10H13NO2S2/c1-7-11-8(6-14-7)5-10(9(12)13)3-2-4-15-10/h6H,2-5H2,1H3,(H,12,13). The van der Waals surface area contributed by atoms with Gasteiger partial charge < -0.3 is 5.11 Å². The predicted octanol–water partition coefficient (Wildman–Crippen LogP) is 2.34. The Morgan fingerprint density at radius 3 is 3.00 bits per heavy atom. The van der Waals surface area contributed by atoms with E-state index >= 15 is 0 Å². The third-order valence-corrected chi connectivity index (χ3v) is 5.02. The summed E-state index contributed by atoms with van der Waals surface area (Å²) in [7, 11) is 0. The number of carboxylic acid groups (broad SMARTS) is 1. The normalized spacial score (nSPS) is 25.7. The van der Waals surface area contributed by atoms with Gasteiger partial charge in [0.2, 0.25) is 0 Å². The van der Waals surface area contributed by atoms with E-state index in [1.54, 1.807) is 23.1 Å². The van der Waals surface area contributed by atoms with E-state index in [1.165, 1.54) is 0 Å². The molecule has 1 fully saturated rings. The largest absolute Gasteiger partial charge is 0.480 e. The van der Waals surface area contributed by atoms with Crippen LogP contribution in [0.5, 0.6) is 0 Å². The summed E-state index contributed by atoms with van der Waals surface area (Å²) in [6.45, 7) is 1.95. The average molecular weight is 243 g/mol. The minimum absolute atomic E-state index is 0.567. The Bertz CT molecular complexity index is 369. The fraction of sp³-hybridized carbons (Fsp3) is 0.600. The van der Waals surface area contributed by atoms with Crippen LogP contribution in [0.3, 0.4) is 0 Å². The number of aliphatic carboxylic acids is 1. The summed E-state index contributed by atoms with van der Waals surface area (Å²) >= 11 is 3.15. The predicted molar refractivity (Wildman–Crippen MR) is 62.6 cm³/mol. The number of aromatic nitrogens is 1. The van der Waals surface area contributed by atoms with Gasteiger partial charge in [0.15, 0.2) is 0 Å². The van der Waals surface area contributed by atoms with E-state index in [0.717, 1.165) is 29.3 Å². The Hall–Kier alpha value is -0.550. The molecule has 1 unspecified atom stereocenters. The lowest BCUT2D eigenvalue weighted by molar-refractivity contribution is -0.139. The highest BCUT2D eigenvalue weighted by Crippen LogP contribution is 2.41. The first-order chi connectivity index (χ1) is 7.12. The third kappa shape index (κ3) is 2.18. The van der Waals surface area contributed by atoms with Crippen LogP contribution in [0.1, 0.15) is 23.5 Å². The van der Waals surface area contributed by atoms with Gasteiger partial charge in [0.05, 0.1) is 10.7 Å². The maximum absolute atomic E-state index is 11.3. The van der Waals surface area contributed by atoms with Crippen LogP contribution in [0, 0.1) is 6.92 Å². The number of nitrogens with zero attached hydrogens (tertiary/aromatic N) is 1. The van der Waals surface area contributed by atoms with E-state index in [9.17, 15) is 9.90 Å². The van der Waals surface area contributed by atoms with E-state index in [2.05, 4.69) is 4.98 Å². The van der Waals surface area contributed by atoms with Crippen molar-refractivity contribution < 1.29 is 9.90 Å². The molecule has 0 amide bonds. The topological polar surface area (TPSA) is 50.2 Å². The molecule has 5 heteroatoms. The summed E-state index contributed by atoms with van der Waals surface area (Å²) in [5.74, 6) is 0.269. The van der Waals surface area contributed by atoms with Crippen LogP contribution in [0.4, 0.5) is 0 Å². The molecule has 2 heterocycles. The van der Waals surface area contributed by atoms with Crippen molar-refractivity contribution in [2.75, 3.05) is 5.75 Å². The van der Waals surface area contributed by atoms with E-state index in [1.807, 2.05) is 12.3 Å². The van der Waals surface area contributed by atoms with Gasteiger partial charge in [0, 0.05) is 11.8 Å². The van der Waals surface area contributed by atoms with Crippen molar-refractivity contribution in [2.24, 2.45) is 0 Å². The van der Waals surface area contributed by atoms with Gasteiger partial charge in [0.25, 0.3) is 0 Å². The molecule has 3 nitrogen and oxygen atoms in total. The van der Waals surface area contributed by atoms with Crippen molar-refractivity contribution in [3.05, 3.63) is 16.1 Å². The number of carbonyl (C=O) groups is 1. The Labute approximate surface area is 96.9 Å². The van der Waals surface area contributed by atoms with Gasteiger partial charge in [0.1, 0.15) is 4.75 Å². The molecule has 1 saturated heterocycles. The molecule has 0 spiro atoms. The van der Waals surface area contributed by atoms with Crippen LogP contribution in [-0.4, -0.2) is 26.6 Å². The van der Waals surface area contributed by atoms with Crippen LogP contribution in [0.25, 0.3) is 0 Å². The average Bonchev–Trinajstić information content (AvgIpc) is 2.77. The smallest absolute Gasteiger partial charge is 0.320 e. The van der Waals surface area contributed by atoms with E-state index in [-0.39, 0.29) is 0 Å². The van der Waals surface area contributed by atoms with Gasteiger partial charge in [-0.3, -0.25) is 4.79 Å². The summed E-state index contributed by atoms with van der Waals surface area (Å²) in [5.41, 5.74) is 0.925. The van der Waals surface area contributed by atoms with Gasteiger partial charge in [-0.25, -0.2) is 4.98 Å². The number of thiazole rings is 1. The zero-order valence-electron chi connectivity index (χ0n) is 8.52. The minimum Gasteiger partial charge on any atom is -0.480 e. The number of carboxylic acids is 1. The molecule has 1 atom stereocenters. The van der Waals surface area contributed by atoms with Crippen molar-refractivity contribution in [1.29, 1.82) is 0 Å². The molecule has 0 aliphatic carbocycles. The summed E-state index contributed by atoms with van der Waals surface area (Å²) in [5, 5.41) is 12.3. The fourth-order valence-corrected chi connectivity index (χ4v) is 3.82. The van der Waals surface area contributed by atoms with Crippen LogP contribution >= 0.6 is 23.1 Å². The molecule has 0 saturated carbocycles. The lowest BCUT2D eigenvalue weighted by atomic mass is 9.98. The molecule has 0 radical (unpaired) electrons. The summed E-state index contributed by atoms with van der Waals surface area (Å²) < 4.78 is -0.611. The molecule has 82 valence electrons. The van der Waals surface area contributed by atoms with Gasteiger partial charge >= 0.3 is 5.97 Å². The lowest BCUT2D eigenvalue weighted by Crippen LogP contribution is -2.34. The van der Waals surface area contributed by atoms with Crippen LogP contribution in [0.2, 0.25) is 0 Å². The molecule has 1 aromatic rings. The molecule has 1 aliphatic heterocycles. The monoisotopic (exact) mass is 243 g/mol. The zero-order chi connectivity index (χ0) is 10.9. The molecular weight excluding hydrogens is 230 g/mol. The number of hydrogen-bond acceptors (Lipinski definition) is 4. The number of thioether (sulfide) groups is 1. The molecule has 2 rings (SSSR count). The maximum atomic E-state index is 11.3. The first-order valence-electron chi connectivity index (χ1n) is 4.91. The molecule has 1 N–H and O–H groups in total. The molecular formula is C10H13NO2S2. The van der Waals surface area contributed by atoms with Gasteiger partial charge in [-0.05, 0) is 25.5 Å². The van der Waals surface area contributed by atoms with Gasteiger partial charge in [-0.1, -0.05) is 0 Å². The van der Waals surface area contributed by atoms with Crippen LogP contribution in [-0.2, 0) is 11.2 Å². The Balaban J connectivity index is 2.17. The third-order valence-electron chi connectivity index (χ3n) is 2.63. The van der Waals surface area contributed by atoms with E-state index < -0.39 is 10.7 Å². The van der Waals surface area contributed by atoms with Crippen molar-refractivity contribution in [1.82, 2.24) is 4.98 Å². The number of aryl methyl sites for hydroxylation is 1. The van der Waals surface area contributed by atoms with Crippen molar-refractivity contribution >= 4 is 29.1 Å². The molecule has 15 heavy (non-hydrogen) atoms. The van der Waals surface area contributed by atoms with Crippen molar-refractivity contribution in [3.63, 3.8) is 0 Å². The Morgan fingerprint density at radius 2 is 2.53 bits per heavy atom. The Kier molecular flexibility index (Phi) is 3.02. The van der Waals surface area contributed by atoms with Crippen molar-refractivity contribution in [2.45, 2.75) is 30.9 Å². The van der Waals surface area contributed by atoms with Gasteiger partial charge in [-0.15, -0.1) is 23.1 Å². The lowest BCUT2D eigenvalue weighted by Gasteiger charge is -2.21. The van der Waals surface area contributed by atoms with Crippen LogP contribution < -0.4 is 0 Å². The Morgan fingerprint density at radius 1 is 1.73 bits per heavy atom. The zero-order valence-corrected chi connectivity index (χ0v) is 10.2. The van der Waals surface area contributed by atoms with Crippen LogP contribution in [0.15, 0.2) is 5.38 Å². The summed E-state index contributed by atoms with van der Waals surface area (Å²) in [6, 6.07) is 0. The minimum atomic E-state index is -0.685. The molecule has 0 aromatic carbocycles. The SMILES string of the molecule is Cc1nc(CC2(C(=O)O)CCCS2)cs1. The fourth-order valence-electron chi connectivity index (χ4n) is 1.86.